The van der Waals surface area contributed by atoms with E-state index in [9.17, 15) is 0 Å². The van der Waals surface area contributed by atoms with Crippen LogP contribution in [0.25, 0.3) is 0 Å². The number of aromatic nitrogens is 2. The lowest BCUT2D eigenvalue weighted by molar-refractivity contribution is 0.189. The zero-order chi connectivity index (χ0) is 9.68. The Balaban J connectivity index is 2.55. The first-order valence-corrected chi connectivity index (χ1v) is 4.27. The molecule has 13 heavy (non-hydrogen) atoms. The summed E-state index contributed by atoms with van der Waals surface area (Å²) in [6, 6.07) is 0. The van der Waals surface area contributed by atoms with E-state index in [1.807, 2.05) is 11.7 Å². The summed E-state index contributed by atoms with van der Waals surface area (Å²) in [5.74, 6) is 0.871. The molecule has 0 atom stereocenters. The van der Waals surface area contributed by atoms with E-state index >= 15 is 0 Å². The van der Waals surface area contributed by atoms with E-state index in [0.717, 1.165) is 25.4 Å². The van der Waals surface area contributed by atoms with E-state index in [0.29, 0.717) is 5.69 Å². The first kappa shape index (κ1) is 9.85. The lowest BCUT2D eigenvalue weighted by Gasteiger charge is -2.06. The van der Waals surface area contributed by atoms with Crippen molar-refractivity contribution in [2.24, 2.45) is 0 Å². The highest BCUT2D eigenvalue weighted by Crippen LogP contribution is 2.16. The van der Waals surface area contributed by atoms with Gasteiger partial charge in [0.15, 0.2) is 0 Å². The number of ether oxygens (including phenoxy) is 1. The Bertz CT molecular complexity index is 259. The molecule has 0 bridgehead atoms. The largest absolute Gasteiger partial charge is 0.394 e. The molecular formula is C8H16N4O. The van der Waals surface area contributed by atoms with Crippen LogP contribution in [0, 0.1) is 0 Å². The van der Waals surface area contributed by atoms with E-state index in [2.05, 4.69) is 10.4 Å². The minimum Gasteiger partial charge on any atom is -0.394 e. The molecule has 1 heterocycles. The molecule has 5 heteroatoms. The number of nitrogens with zero attached hydrogens (tertiary/aromatic N) is 2. The van der Waals surface area contributed by atoms with Crippen LogP contribution in [-0.2, 0) is 11.3 Å². The second-order valence-electron chi connectivity index (χ2n) is 2.77. The Morgan fingerprint density at radius 2 is 2.46 bits per heavy atom. The Morgan fingerprint density at radius 3 is 3.08 bits per heavy atom. The van der Waals surface area contributed by atoms with Crippen LogP contribution in [0.2, 0.25) is 0 Å². The van der Waals surface area contributed by atoms with Gasteiger partial charge in [-0.1, -0.05) is 0 Å². The molecule has 1 aromatic heterocycles. The maximum atomic E-state index is 5.68. The third-order valence-corrected chi connectivity index (χ3v) is 1.82. The number of hydrogen-bond acceptors (Lipinski definition) is 4. The van der Waals surface area contributed by atoms with E-state index < -0.39 is 0 Å². The molecule has 0 saturated carbocycles. The smallest absolute Gasteiger partial charge is 0.147 e. The van der Waals surface area contributed by atoms with Crippen molar-refractivity contribution >= 4 is 11.5 Å². The molecule has 0 spiro atoms. The standard InChI is InChI=1S/C8H16N4O/c1-10-8-7(9)6-11-12(8)4-3-5-13-2/h6,10H,3-5,9H2,1-2H3. The number of rotatable bonds is 5. The molecule has 0 aliphatic rings. The molecule has 1 aromatic rings. The van der Waals surface area contributed by atoms with Gasteiger partial charge in [-0.3, -0.25) is 0 Å². The van der Waals surface area contributed by atoms with E-state index in [-0.39, 0.29) is 0 Å². The maximum absolute atomic E-state index is 5.68. The van der Waals surface area contributed by atoms with Gasteiger partial charge in [-0.2, -0.15) is 5.10 Å². The van der Waals surface area contributed by atoms with Crippen LogP contribution >= 0.6 is 0 Å². The molecule has 74 valence electrons. The van der Waals surface area contributed by atoms with Crippen LogP contribution in [-0.4, -0.2) is 30.5 Å². The molecule has 0 aromatic carbocycles. The monoisotopic (exact) mass is 184 g/mol. The number of aryl methyl sites for hydroxylation is 1. The van der Waals surface area contributed by atoms with Crippen molar-refractivity contribution in [2.75, 3.05) is 31.8 Å². The second-order valence-corrected chi connectivity index (χ2v) is 2.77. The van der Waals surface area contributed by atoms with Crippen molar-refractivity contribution in [1.29, 1.82) is 0 Å². The molecule has 5 nitrogen and oxygen atoms in total. The molecule has 0 aliphatic carbocycles. The zero-order valence-corrected chi connectivity index (χ0v) is 8.08. The normalized spacial score (nSPS) is 10.3. The predicted octanol–water partition coefficient (Wildman–Crippen LogP) is 0.543. The summed E-state index contributed by atoms with van der Waals surface area (Å²) in [4.78, 5) is 0. The summed E-state index contributed by atoms with van der Waals surface area (Å²) in [6.45, 7) is 1.56. The summed E-state index contributed by atoms with van der Waals surface area (Å²) in [7, 11) is 3.52. The van der Waals surface area contributed by atoms with Gasteiger partial charge in [-0.05, 0) is 6.42 Å². The van der Waals surface area contributed by atoms with Gasteiger partial charge in [0.25, 0.3) is 0 Å². The van der Waals surface area contributed by atoms with Crippen LogP contribution in [0.1, 0.15) is 6.42 Å². The van der Waals surface area contributed by atoms with Gasteiger partial charge in [-0.15, -0.1) is 0 Å². The van der Waals surface area contributed by atoms with Gasteiger partial charge in [0.1, 0.15) is 5.82 Å². The van der Waals surface area contributed by atoms with Gasteiger partial charge < -0.3 is 15.8 Å². The lowest BCUT2D eigenvalue weighted by Crippen LogP contribution is -2.07. The Kier molecular flexibility index (Phi) is 3.57. The molecule has 0 amide bonds. The van der Waals surface area contributed by atoms with Gasteiger partial charge >= 0.3 is 0 Å². The summed E-state index contributed by atoms with van der Waals surface area (Å²) >= 11 is 0. The molecular weight excluding hydrogens is 168 g/mol. The highest BCUT2D eigenvalue weighted by atomic mass is 16.5. The molecule has 0 aliphatic heterocycles. The average Bonchev–Trinajstić information content (AvgIpc) is 2.47. The topological polar surface area (TPSA) is 65.1 Å². The minimum atomic E-state index is 0.680. The molecule has 0 saturated heterocycles. The first-order valence-electron chi connectivity index (χ1n) is 4.27. The van der Waals surface area contributed by atoms with Crippen molar-refractivity contribution in [3.63, 3.8) is 0 Å². The summed E-state index contributed by atoms with van der Waals surface area (Å²) in [5.41, 5.74) is 6.36. The molecule has 0 fully saturated rings. The van der Waals surface area contributed by atoms with Crippen molar-refractivity contribution in [3.8, 4) is 0 Å². The number of nitrogen functional groups attached to an aromatic ring is 1. The quantitative estimate of drug-likeness (QED) is 0.656. The fraction of sp³-hybridized carbons (Fsp3) is 0.625. The number of hydrogen-bond donors (Lipinski definition) is 2. The molecule has 1 rings (SSSR count). The van der Waals surface area contributed by atoms with Crippen LogP contribution in [0.5, 0.6) is 0 Å². The molecule has 0 radical (unpaired) electrons. The van der Waals surface area contributed by atoms with E-state index in [1.165, 1.54) is 0 Å². The van der Waals surface area contributed by atoms with Crippen molar-refractivity contribution in [1.82, 2.24) is 9.78 Å². The summed E-state index contributed by atoms with van der Waals surface area (Å²) in [6.07, 6.45) is 2.59. The highest BCUT2D eigenvalue weighted by Gasteiger charge is 2.04. The fourth-order valence-electron chi connectivity index (χ4n) is 1.20. The van der Waals surface area contributed by atoms with Crippen molar-refractivity contribution in [2.45, 2.75) is 13.0 Å². The third-order valence-electron chi connectivity index (χ3n) is 1.82. The first-order chi connectivity index (χ1) is 6.29. The van der Waals surface area contributed by atoms with Crippen LogP contribution in [0.3, 0.4) is 0 Å². The van der Waals surface area contributed by atoms with Crippen molar-refractivity contribution in [3.05, 3.63) is 6.20 Å². The van der Waals surface area contributed by atoms with Crippen LogP contribution in [0.15, 0.2) is 6.20 Å². The van der Waals surface area contributed by atoms with Crippen LogP contribution in [0.4, 0.5) is 11.5 Å². The van der Waals surface area contributed by atoms with E-state index in [1.54, 1.807) is 13.3 Å². The minimum absolute atomic E-state index is 0.680. The zero-order valence-electron chi connectivity index (χ0n) is 8.08. The predicted molar refractivity (Wildman–Crippen MR) is 52.7 cm³/mol. The van der Waals surface area contributed by atoms with Gasteiger partial charge in [-0.25, -0.2) is 4.68 Å². The number of methoxy groups -OCH3 is 1. The van der Waals surface area contributed by atoms with Crippen LogP contribution < -0.4 is 11.1 Å². The second kappa shape index (κ2) is 4.71. The lowest BCUT2D eigenvalue weighted by atomic mass is 10.4. The van der Waals surface area contributed by atoms with Gasteiger partial charge in [0.2, 0.25) is 0 Å². The Hall–Kier alpha value is -1.23. The molecule has 0 unspecified atom stereocenters. The van der Waals surface area contributed by atoms with Crippen molar-refractivity contribution < 1.29 is 4.74 Å². The third kappa shape index (κ3) is 2.35. The Morgan fingerprint density at radius 1 is 1.69 bits per heavy atom. The number of nitrogens with two attached hydrogens (primary N) is 1. The Labute approximate surface area is 77.9 Å². The average molecular weight is 184 g/mol. The SMILES string of the molecule is CNc1c(N)cnn1CCCOC. The fourth-order valence-corrected chi connectivity index (χ4v) is 1.20. The number of anilines is 2. The van der Waals surface area contributed by atoms with Gasteiger partial charge in [0, 0.05) is 27.3 Å². The molecule has 3 N–H and O–H groups in total. The number of nitrogens with one attached hydrogen (secondary N) is 1. The van der Waals surface area contributed by atoms with E-state index in [4.69, 9.17) is 10.5 Å². The van der Waals surface area contributed by atoms with Gasteiger partial charge in [0.05, 0.1) is 11.9 Å². The maximum Gasteiger partial charge on any atom is 0.147 e. The summed E-state index contributed by atoms with van der Waals surface area (Å²) in [5, 5.41) is 7.14. The summed E-state index contributed by atoms with van der Waals surface area (Å²) < 4.78 is 6.79. The highest BCUT2D eigenvalue weighted by molar-refractivity contribution is 5.60.